The summed E-state index contributed by atoms with van der Waals surface area (Å²) in [5.74, 6) is 0.139. The maximum Gasteiger partial charge on any atom is 0.316 e. The predicted molar refractivity (Wildman–Crippen MR) is 84.9 cm³/mol. The van der Waals surface area contributed by atoms with Crippen LogP contribution in [0, 0.1) is 0 Å². The summed E-state index contributed by atoms with van der Waals surface area (Å²) in [5.41, 5.74) is 0. The lowest BCUT2D eigenvalue weighted by Gasteiger charge is -2.28. The SMILES string of the molecule is O=C(CCCBr)NC1CCC(Oc2ncc(Cl)cn2)CC1. The van der Waals surface area contributed by atoms with Crippen molar-refractivity contribution >= 4 is 33.4 Å². The average Bonchev–Trinajstić information content (AvgIpc) is 2.49. The van der Waals surface area contributed by atoms with E-state index in [1.54, 1.807) is 0 Å². The van der Waals surface area contributed by atoms with Crippen molar-refractivity contribution < 1.29 is 9.53 Å². The van der Waals surface area contributed by atoms with Crippen LogP contribution in [-0.2, 0) is 4.79 Å². The molecule has 0 aliphatic heterocycles. The normalized spacial score (nSPS) is 21.8. The molecule has 1 aromatic rings. The molecule has 0 bridgehead atoms. The van der Waals surface area contributed by atoms with Crippen LogP contribution in [-0.4, -0.2) is 33.4 Å². The summed E-state index contributed by atoms with van der Waals surface area (Å²) in [4.78, 5) is 19.7. The summed E-state index contributed by atoms with van der Waals surface area (Å²) in [5, 5.41) is 4.44. The van der Waals surface area contributed by atoms with Gasteiger partial charge in [-0.05, 0) is 32.1 Å². The summed E-state index contributed by atoms with van der Waals surface area (Å²) in [7, 11) is 0. The number of alkyl halides is 1. The number of ether oxygens (including phenoxy) is 1. The highest BCUT2D eigenvalue weighted by molar-refractivity contribution is 9.09. The van der Waals surface area contributed by atoms with E-state index in [0.29, 0.717) is 17.5 Å². The highest BCUT2D eigenvalue weighted by Gasteiger charge is 2.24. The third-order valence-corrected chi connectivity index (χ3v) is 4.20. The van der Waals surface area contributed by atoms with Crippen LogP contribution in [0.25, 0.3) is 0 Å². The second kappa shape index (κ2) is 8.54. The van der Waals surface area contributed by atoms with Gasteiger partial charge in [0.25, 0.3) is 0 Å². The van der Waals surface area contributed by atoms with Gasteiger partial charge in [-0.2, -0.15) is 0 Å². The minimum absolute atomic E-state index is 0.113. The number of carbonyl (C=O) groups excluding carboxylic acids is 1. The summed E-state index contributed by atoms with van der Waals surface area (Å²) in [6, 6.07) is 0.628. The molecule has 1 aliphatic carbocycles. The fourth-order valence-corrected chi connectivity index (χ4v) is 2.74. The molecule has 2 rings (SSSR count). The lowest BCUT2D eigenvalue weighted by Crippen LogP contribution is -2.39. The molecule has 5 nitrogen and oxygen atoms in total. The molecule has 1 heterocycles. The predicted octanol–water partition coefficient (Wildman–Crippen LogP) is 3.11. The fourth-order valence-electron chi connectivity index (χ4n) is 2.36. The molecule has 7 heteroatoms. The van der Waals surface area contributed by atoms with Crippen molar-refractivity contribution in [3.8, 4) is 6.01 Å². The summed E-state index contributed by atoms with van der Waals surface area (Å²) >= 11 is 9.06. The van der Waals surface area contributed by atoms with E-state index in [2.05, 4.69) is 31.2 Å². The standard InChI is InChI=1S/C14H19BrClN3O2/c15-7-1-2-13(20)19-11-3-5-12(6-4-11)21-14-17-8-10(16)9-18-14/h8-9,11-12H,1-7H2,(H,19,20). The second-order valence-corrected chi connectivity index (χ2v) is 6.36. The molecule has 0 atom stereocenters. The smallest absolute Gasteiger partial charge is 0.316 e. The van der Waals surface area contributed by atoms with Crippen molar-refractivity contribution in [1.82, 2.24) is 15.3 Å². The molecule has 0 unspecified atom stereocenters. The number of carbonyl (C=O) groups is 1. The van der Waals surface area contributed by atoms with E-state index in [1.165, 1.54) is 12.4 Å². The van der Waals surface area contributed by atoms with Crippen molar-refractivity contribution in [3.05, 3.63) is 17.4 Å². The van der Waals surface area contributed by atoms with Gasteiger partial charge >= 0.3 is 6.01 Å². The van der Waals surface area contributed by atoms with Crippen LogP contribution in [0.1, 0.15) is 38.5 Å². The summed E-state index contributed by atoms with van der Waals surface area (Å²) in [6.07, 6.45) is 8.28. The number of hydrogen-bond donors (Lipinski definition) is 1. The van der Waals surface area contributed by atoms with Crippen LogP contribution in [0.2, 0.25) is 5.02 Å². The van der Waals surface area contributed by atoms with Crippen LogP contribution in [0.3, 0.4) is 0 Å². The van der Waals surface area contributed by atoms with Gasteiger partial charge in [0, 0.05) is 17.8 Å². The molecule has 21 heavy (non-hydrogen) atoms. The summed E-state index contributed by atoms with van der Waals surface area (Å²) < 4.78 is 5.73. The Kier molecular flexibility index (Phi) is 6.70. The topological polar surface area (TPSA) is 64.1 Å². The van der Waals surface area contributed by atoms with Gasteiger partial charge in [-0.1, -0.05) is 27.5 Å². The number of aromatic nitrogens is 2. The van der Waals surface area contributed by atoms with Crippen LogP contribution in [0.15, 0.2) is 12.4 Å². The van der Waals surface area contributed by atoms with E-state index in [4.69, 9.17) is 16.3 Å². The van der Waals surface area contributed by atoms with E-state index in [0.717, 1.165) is 37.4 Å². The van der Waals surface area contributed by atoms with Crippen molar-refractivity contribution in [2.24, 2.45) is 0 Å². The highest BCUT2D eigenvalue weighted by atomic mass is 79.9. The lowest BCUT2D eigenvalue weighted by molar-refractivity contribution is -0.122. The lowest BCUT2D eigenvalue weighted by atomic mass is 9.93. The molecular formula is C14H19BrClN3O2. The maximum atomic E-state index is 11.7. The van der Waals surface area contributed by atoms with Crippen molar-refractivity contribution in [2.45, 2.75) is 50.7 Å². The molecule has 1 fully saturated rings. The third kappa shape index (κ3) is 5.79. The first-order chi connectivity index (χ1) is 10.2. The third-order valence-electron chi connectivity index (χ3n) is 3.45. The maximum absolute atomic E-state index is 11.7. The number of rotatable bonds is 6. The van der Waals surface area contributed by atoms with Gasteiger partial charge in [0.2, 0.25) is 5.91 Å². The number of halogens is 2. The van der Waals surface area contributed by atoms with Gasteiger partial charge in [0.05, 0.1) is 17.4 Å². The van der Waals surface area contributed by atoms with Crippen LogP contribution in [0.5, 0.6) is 6.01 Å². The highest BCUT2D eigenvalue weighted by Crippen LogP contribution is 2.22. The summed E-state index contributed by atoms with van der Waals surface area (Å²) in [6.45, 7) is 0. The Morgan fingerprint density at radius 3 is 2.62 bits per heavy atom. The fraction of sp³-hybridized carbons (Fsp3) is 0.643. The minimum Gasteiger partial charge on any atom is -0.460 e. The van der Waals surface area contributed by atoms with Crippen LogP contribution in [0.4, 0.5) is 0 Å². The molecule has 0 saturated heterocycles. The largest absolute Gasteiger partial charge is 0.460 e. The van der Waals surface area contributed by atoms with Gasteiger partial charge in [-0.25, -0.2) is 9.97 Å². The van der Waals surface area contributed by atoms with E-state index in [-0.39, 0.29) is 18.1 Å². The molecule has 116 valence electrons. The number of amides is 1. The number of nitrogens with zero attached hydrogens (tertiary/aromatic N) is 2. The van der Waals surface area contributed by atoms with Gasteiger partial charge in [-0.3, -0.25) is 4.79 Å². The Labute approximate surface area is 138 Å². The Balaban J connectivity index is 1.70. The van der Waals surface area contributed by atoms with E-state index < -0.39 is 0 Å². The van der Waals surface area contributed by atoms with Crippen LogP contribution >= 0.6 is 27.5 Å². The Morgan fingerprint density at radius 2 is 2.00 bits per heavy atom. The molecule has 1 amide bonds. The Bertz CT molecular complexity index is 450. The van der Waals surface area contributed by atoms with Crippen molar-refractivity contribution in [1.29, 1.82) is 0 Å². The van der Waals surface area contributed by atoms with Crippen molar-refractivity contribution in [2.75, 3.05) is 5.33 Å². The molecule has 1 aromatic heterocycles. The van der Waals surface area contributed by atoms with Gasteiger partial charge < -0.3 is 10.1 Å². The zero-order chi connectivity index (χ0) is 15.1. The molecule has 0 spiro atoms. The minimum atomic E-state index is 0.113. The first kappa shape index (κ1) is 16.5. The first-order valence-electron chi connectivity index (χ1n) is 7.17. The van der Waals surface area contributed by atoms with Gasteiger partial charge in [-0.15, -0.1) is 0 Å². The number of nitrogens with one attached hydrogen (secondary N) is 1. The van der Waals surface area contributed by atoms with E-state index in [1.807, 2.05) is 0 Å². The molecule has 1 aliphatic rings. The zero-order valence-electron chi connectivity index (χ0n) is 11.7. The van der Waals surface area contributed by atoms with Gasteiger partial charge in [0.15, 0.2) is 0 Å². The first-order valence-corrected chi connectivity index (χ1v) is 8.67. The zero-order valence-corrected chi connectivity index (χ0v) is 14.1. The van der Waals surface area contributed by atoms with Crippen LogP contribution < -0.4 is 10.1 Å². The van der Waals surface area contributed by atoms with E-state index in [9.17, 15) is 4.79 Å². The molecule has 0 radical (unpaired) electrons. The van der Waals surface area contributed by atoms with E-state index >= 15 is 0 Å². The monoisotopic (exact) mass is 375 g/mol. The Hall–Kier alpha value is -0.880. The van der Waals surface area contributed by atoms with Gasteiger partial charge in [0.1, 0.15) is 6.10 Å². The molecule has 0 aromatic carbocycles. The molecule has 1 N–H and O–H groups in total. The van der Waals surface area contributed by atoms with Crippen molar-refractivity contribution in [3.63, 3.8) is 0 Å². The second-order valence-electron chi connectivity index (χ2n) is 5.14. The Morgan fingerprint density at radius 1 is 1.33 bits per heavy atom. The number of hydrogen-bond acceptors (Lipinski definition) is 4. The molecular weight excluding hydrogens is 358 g/mol. The quantitative estimate of drug-likeness (QED) is 0.775. The molecule has 1 saturated carbocycles. The average molecular weight is 377 g/mol.